The molecule has 0 unspecified atom stereocenters. The lowest BCUT2D eigenvalue weighted by Crippen LogP contribution is -2.29. The molecule has 1 saturated carbocycles. The fourth-order valence-electron chi connectivity index (χ4n) is 2.25. The fourth-order valence-corrected chi connectivity index (χ4v) is 2.51. The zero-order chi connectivity index (χ0) is 12.3. The van der Waals surface area contributed by atoms with E-state index in [4.69, 9.17) is 16.3 Å². The Hall–Kier alpha value is -1.20. The summed E-state index contributed by atoms with van der Waals surface area (Å²) in [5, 5.41) is 9.83. The Labute approximate surface area is 107 Å². The molecule has 90 valence electrons. The standard InChI is InChI=1S/C14H16ClNO/c1-2-17-13-5-4-11(8-12(13)15)9-14(10-16)6-3-7-14/h4-5,8H,2-3,6-7,9H2,1H3. The highest BCUT2D eigenvalue weighted by atomic mass is 35.5. The van der Waals surface area contributed by atoms with Crippen molar-refractivity contribution in [2.24, 2.45) is 5.41 Å². The Balaban J connectivity index is 2.12. The van der Waals surface area contributed by atoms with E-state index in [1.54, 1.807) is 0 Å². The summed E-state index contributed by atoms with van der Waals surface area (Å²) in [4.78, 5) is 0. The monoisotopic (exact) mass is 249 g/mol. The van der Waals surface area contributed by atoms with Crippen LogP contribution in [0.15, 0.2) is 18.2 Å². The minimum absolute atomic E-state index is 0.142. The van der Waals surface area contributed by atoms with E-state index in [1.807, 2.05) is 25.1 Å². The van der Waals surface area contributed by atoms with Crippen LogP contribution in [0.3, 0.4) is 0 Å². The molecule has 1 aliphatic rings. The van der Waals surface area contributed by atoms with Gasteiger partial charge in [0.2, 0.25) is 0 Å². The Morgan fingerprint density at radius 3 is 2.71 bits per heavy atom. The van der Waals surface area contributed by atoms with Crippen LogP contribution in [0.4, 0.5) is 0 Å². The highest BCUT2D eigenvalue weighted by Gasteiger charge is 2.37. The summed E-state index contributed by atoms with van der Waals surface area (Å²) < 4.78 is 5.39. The molecule has 0 radical (unpaired) electrons. The summed E-state index contributed by atoms with van der Waals surface area (Å²) in [7, 11) is 0. The van der Waals surface area contributed by atoms with Gasteiger partial charge in [-0.15, -0.1) is 0 Å². The fraction of sp³-hybridized carbons (Fsp3) is 0.500. The molecule has 0 bridgehead atoms. The maximum absolute atomic E-state index is 9.20. The van der Waals surface area contributed by atoms with Crippen molar-refractivity contribution in [2.75, 3.05) is 6.61 Å². The number of nitrogens with zero attached hydrogens (tertiary/aromatic N) is 1. The molecule has 0 spiro atoms. The molecule has 0 amide bonds. The average molecular weight is 250 g/mol. The van der Waals surface area contributed by atoms with E-state index in [1.165, 1.54) is 6.42 Å². The van der Waals surface area contributed by atoms with Gasteiger partial charge in [0.15, 0.2) is 0 Å². The molecule has 0 N–H and O–H groups in total. The van der Waals surface area contributed by atoms with Gasteiger partial charge in [-0.3, -0.25) is 0 Å². The van der Waals surface area contributed by atoms with Crippen molar-refractivity contribution >= 4 is 11.6 Å². The molecule has 1 aliphatic carbocycles. The van der Waals surface area contributed by atoms with Crippen LogP contribution in [-0.4, -0.2) is 6.61 Å². The molecule has 0 aromatic heterocycles. The normalized spacial score (nSPS) is 17.0. The minimum atomic E-state index is -0.142. The number of rotatable bonds is 4. The lowest BCUT2D eigenvalue weighted by atomic mass is 9.66. The molecule has 2 rings (SSSR count). The maximum atomic E-state index is 9.20. The molecule has 1 fully saturated rings. The molecule has 0 atom stereocenters. The summed E-state index contributed by atoms with van der Waals surface area (Å²) in [5.41, 5.74) is 0.982. The largest absolute Gasteiger partial charge is 0.492 e. The van der Waals surface area contributed by atoms with Crippen molar-refractivity contribution < 1.29 is 4.74 Å². The summed E-state index contributed by atoms with van der Waals surface area (Å²) in [6, 6.07) is 8.27. The molecule has 0 aliphatic heterocycles. The van der Waals surface area contributed by atoms with Gasteiger partial charge in [-0.05, 0) is 43.9 Å². The molecular formula is C14H16ClNO. The Bertz CT molecular complexity index is 446. The van der Waals surface area contributed by atoms with Gasteiger partial charge in [-0.1, -0.05) is 24.1 Å². The molecule has 3 heteroatoms. The summed E-state index contributed by atoms with van der Waals surface area (Å²) in [5.74, 6) is 0.720. The number of nitriles is 1. The van der Waals surface area contributed by atoms with Gasteiger partial charge in [0.25, 0.3) is 0 Å². The lowest BCUT2D eigenvalue weighted by Gasteiger charge is -2.35. The molecular weight excluding hydrogens is 234 g/mol. The van der Waals surface area contributed by atoms with E-state index in [-0.39, 0.29) is 5.41 Å². The van der Waals surface area contributed by atoms with Crippen LogP contribution < -0.4 is 4.74 Å². The number of hydrogen-bond acceptors (Lipinski definition) is 2. The van der Waals surface area contributed by atoms with E-state index in [9.17, 15) is 5.26 Å². The molecule has 0 saturated heterocycles. The van der Waals surface area contributed by atoms with Crippen LogP contribution in [0.1, 0.15) is 31.7 Å². The zero-order valence-electron chi connectivity index (χ0n) is 10.0. The van der Waals surface area contributed by atoms with Crippen LogP contribution in [0, 0.1) is 16.7 Å². The Kier molecular flexibility index (Phi) is 3.59. The molecule has 0 heterocycles. The van der Waals surface area contributed by atoms with Crippen LogP contribution >= 0.6 is 11.6 Å². The van der Waals surface area contributed by atoms with E-state index >= 15 is 0 Å². The Morgan fingerprint density at radius 1 is 1.47 bits per heavy atom. The van der Waals surface area contributed by atoms with Crippen molar-refractivity contribution in [3.8, 4) is 11.8 Å². The third kappa shape index (κ3) is 2.56. The summed E-state index contributed by atoms with van der Waals surface area (Å²) in [6.45, 7) is 2.55. The Morgan fingerprint density at radius 2 is 2.24 bits per heavy atom. The minimum Gasteiger partial charge on any atom is -0.492 e. The number of benzene rings is 1. The molecule has 2 nitrogen and oxygen atoms in total. The second kappa shape index (κ2) is 4.98. The van der Waals surface area contributed by atoms with Crippen LogP contribution in [0.2, 0.25) is 5.02 Å². The van der Waals surface area contributed by atoms with Crippen LogP contribution in [0.25, 0.3) is 0 Å². The van der Waals surface area contributed by atoms with E-state index in [0.29, 0.717) is 11.6 Å². The van der Waals surface area contributed by atoms with Crippen LogP contribution in [-0.2, 0) is 6.42 Å². The molecule has 17 heavy (non-hydrogen) atoms. The number of ether oxygens (including phenoxy) is 1. The van der Waals surface area contributed by atoms with Gasteiger partial charge in [0, 0.05) is 0 Å². The van der Waals surface area contributed by atoms with Gasteiger partial charge >= 0.3 is 0 Å². The quantitative estimate of drug-likeness (QED) is 0.809. The zero-order valence-corrected chi connectivity index (χ0v) is 10.8. The first kappa shape index (κ1) is 12.3. The molecule has 1 aromatic carbocycles. The number of hydrogen-bond donors (Lipinski definition) is 0. The van der Waals surface area contributed by atoms with Crippen molar-refractivity contribution in [2.45, 2.75) is 32.6 Å². The summed E-state index contributed by atoms with van der Waals surface area (Å²) >= 11 is 6.13. The second-order valence-electron chi connectivity index (χ2n) is 4.62. The average Bonchev–Trinajstić information content (AvgIpc) is 2.27. The first-order chi connectivity index (χ1) is 8.19. The number of halogens is 1. The third-order valence-electron chi connectivity index (χ3n) is 3.39. The topological polar surface area (TPSA) is 33.0 Å². The smallest absolute Gasteiger partial charge is 0.137 e. The molecule has 1 aromatic rings. The van der Waals surface area contributed by atoms with Crippen molar-refractivity contribution in [3.05, 3.63) is 28.8 Å². The third-order valence-corrected chi connectivity index (χ3v) is 3.68. The van der Waals surface area contributed by atoms with Crippen molar-refractivity contribution in [1.82, 2.24) is 0 Å². The van der Waals surface area contributed by atoms with Crippen LogP contribution in [0.5, 0.6) is 5.75 Å². The van der Waals surface area contributed by atoms with E-state index < -0.39 is 0 Å². The second-order valence-corrected chi connectivity index (χ2v) is 5.03. The first-order valence-electron chi connectivity index (χ1n) is 6.01. The summed E-state index contributed by atoms with van der Waals surface area (Å²) in [6.07, 6.45) is 3.98. The van der Waals surface area contributed by atoms with Gasteiger partial charge in [0.1, 0.15) is 5.75 Å². The van der Waals surface area contributed by atoms with E-state index in [0.717, 1.165) is 30.6 Å². The highest BCUT2D eigenvalue weighted by molar-refractivity contribution is 6.32. The predicted octanol–water partition coefficient (Wildman–Crippen LogP) is 3.98. The van der Waals surface area contributed by atoms with Gasteiger partial charge in [-0.25, -0.2) is 0 Å². The predicted molar refractivity (Wildman–Crippen MR) is 68.2 cm³/mol. The van der Waals surface area contributed by atoms with Crippen molar-refractivity contribution in [1.29, 1.82) is 5.26 Å². The van der Waals surface area contributed by atoms with Gasteiger partial charge in [0.05, 0.1) is 23.1 Å². The lowest BCUT2D eigenvalue weighted by molar-refractivity contribution is 0.214. The maximum Gasteiger partial charge on any atom is 0.137 e. The SMILES string of the molecule is CCOc1ccc(CC2(C#N)CCC2)cc1Cl. The van der Waals surface area contributed by atoms with Crippen molar-refractivity contribution in [3.63, 3.8) is 0 Å². The first-order valence-corrected chi connectivity index (χ1v) is 6.39. The van der Waals surface area contributed by atoms with Gasteiger partial charge in [-0.2, -0.15) is 5.26 Å². The van der Waals surface area contributed by atoms with Gasteiger partial charge < -0.3 is 4.74 Å². The highest BCUT2D eigenvalue weighted by Crippen LogP contribution is 2.43. The van der Waals surface area contributed by atoms with E-state index in [2.05, 4.69) is 6.07 Å².